The highest BCUT2D eigenvalue weighted by atomic mass is 16.3. The van der Waals surface area contributed by atoms with Gasteiger partial charge in [-0.05, 0) is 56.2 Å². The topological polar surface area (TPSA) is 68.7 Å². The lowest BCUT2D eigenvalue weighted by atomic mass is 10.0. The number of nitrogens with zero attached hydrogens (tertiary/aromatic N) is 3. The molecule has 2 fully saturated rings. The van der Waals surface area contributed by atoms with Crippen molar-refractivity contribution in [3.63, 3.8) is 0 Å². The third-order valence-electron chi connectivity index (χ3n) is 5.03. The van der Waals surface area contributed by atoms with Gasteiger partial charge in [0.2, 0.25) is 0 Å². The summed E-state index contributed by atoms with van der Waals surface area (Å²) < 4.78 is 0. The van der Waals surface area contributed by atoms with E-state index in [-0.39, 0.29) is 18.7 Å². The Morgan fingerprint density at radius 3 is 2.83 bits per heavy atom. The highest BCUT2D eigenvalue weighted by molar-refractivity contribution is 5.74. The van der Waals surface area contributed by atoms with Gasteiger partial charge in [-0.3, -0.25) is 0 Å². The number of carbonyl (C=O) groups is 1. The Hall–Kier alpha value is -1.82. The molecule has 132 valence electrons. The van der Waals surface area contributed by atoms with Crippen molar-refractivity contribution in [3.8, 4) is 0 Å². The van der Waals surface area contributed by atoms with Crippen LogP contribution in [0.25, 0.3) is 0 Å². The molecule has 1 atom stereocenters. The van der Waals surface area contributed by atoms with Gasteiger partial charge in [-0.15, -0.1) is 0 Å². The van der Waals surface area contributed by atoms with E-state index in [0.717, 1.165) is 50.3 Å². The van der Waals surface area contributed by atoms with Crippen LogP contribution in [0.15, 0.2) is 18.3 Å². The molecule has 3 heterocycles. The number of hydrogen-bond donors (Lipinski definition) is 2. The maximum atomic E-state index is 12.5. The number of pyridine rings is 1. The van der Waals surface area contributed by atoms with Gasteiger partial charge in [-0.2, -0.15) is 0 Å². The number of carbonyl (C=O) groups excluding carboxylic acids is 1. The number of hydrogen-bond acceptors (Lipinski definition) is 4. The first kappa shape index (κ1) is 17.0. The number of rotatable bonds is 5. The highest BCUT2D eigenvalue weighted by Crippen LogP contribution is 2.20. The Labute approximate surface area is 143 Å². The van der Waals surface area contributed by atoms with Gasteiger partial charge in [-0.25, -0.2) is 9.78 Å². The molecule has 0 radical (unpaired) electrons. The molecule has 0 aromatic carbocycles. The number of aliphatic hydroxyl groups excluding tert-OH is 1. The molecule has 0 spiro atoms. The minimum absolute atomic E-state index is 0.0207. The Morgan fingerprint density at radius 1 is 1.25 bits per heavy atom. The summed E-state index contributed by atoms with van der Waals surface area (Å²) in [5, 5.41) is 12.2. The van der Waals surface area contributed by atoms with Crippen LogP contribution in [0.4, 0.5) is 10.6 Å². The molecule has 24 heavy (non-hydrogen) atoms. The smallest absolute Gasteiger partial charge is 0.317 e. The quantitative estimate of drug-likeness (QED) is 0.867. The van der Waals surface area contributed by atoms with Crippen LogP contribution in [0, 0.1) is 0 Å². The lowest BCUT2D eigenvalue weighted by Gasteiger charge is -2.35. The summed E-state index contributed by atoms with van der Waals surface area (Å²) in [5.74, 6) is 1.01. The zero-order chi connectivity index (χ0) is 16.8. The van der Waals surface area contributed by atoms with Crippen LogP contribution in [0.1, 0.15) is 44.1 Å². The molecule has 1 aromatic heterocycles. The predicted molar refractivity (Wildman–Crippen MR) is 94.0 cm³/mol. The summed E-state index contributed by atoms with van der Waals surface area (Å²) in [6, 6.07) is 4.18. The van der Waals surface area contributed by atoms with Gasteiger partial charge in [0.15, 0.2) is 0 Å². The molecule has 1 aromatic rings. The van der Waals surface area contributed by atoms with Crippen molar-refractivity contribution in [3.05, 3.63) is 23.9 Å². The maximum absolute atomic E-state index is 12.5. The molecular weight excluding hydrogens is 304 g/mol. The Kier molecular flexibility index (Phi) is 5.91. The van der Waals surface area contributed by atoms with Crippen molar-refractivity contribution < 1.29 is 9.90 Å². The fourth-order valence-electron chi connectivity index (χ4n) is 3.69. The molecule has 2 aliphatic rings. The van der Waals surface area contributed by atoms with Gasteiger partial charge < -0.3 is 20.2 Å². The van der Waals surface area contributed by atoms with E-state index in [1.54, 1.807) is 0 Å². The third kappa shape index (κ3) is 4.17. The molecule has 2 amide bonds. The largest absolute Gasteiger partial charge is 0.396 e. The average Bonchev–Trinajstić information content (AvgIpc) is 3.15. The zero-order valence-electron chi connectivity index (χ0n) is 14.3. The van der Waals surface area contributed by atoms with Crippen LogP contribution in [-0.2, 0) is 6.54 Å². The first-order valence-corrected chi connectivity index (χ1v) is 9.13. The summed E-state index contributed by atoms with van der Waals surface area (Å²) in [6.45, 7) is 3.58. The van der Waals surface area contributed by atoms with Crippen LogP contribution in [0.5, 0.6) is 0 Å². The van der Waals surface area contributed by atoms with Crippen LogP contribution >= 0.6 is 0 Å². The van der Waals surface area contributed by atoms with E-state index in [4.69, 9.17) is 0 Å². The Morgan fingerprint density at radius 2 is 2.04 bits per heavy atom. The number of aromatic nitrogens is 1. The van der Waals surface area contributed by atoms with Crippen LogP contribution in [0.3, 0.4) is 0 Å². The van der Waals surface area contributed by atoms with Crippen molar-refractivity contribution in [2.75, 3.05) is 31.1 Å². The van der Waals surface area contributed by atoms with Gasteiger partial charge in [0.05, 0.1) is 0 Å². The van der Waals surface area contributed by atoms with Crippen molar-refractivity contribution >= 4 is 11.8 Å². The lowest BCUT2D eigenvalue weighted by molar-refractivity contribution is 0.131. The number of aliphatic hydroxyl groups is 1. The van der Waals surface area contributed by atoms with E-state index in [2.05, 4.69) is 21.3 Å². The van der Waals surface area contributed by atoms with Crippen LogP contribution < -0.4 is 10.2 Å². The molecule has 2 N–H and O–H groups in total. The predicted octanol–water partition coefficient (Wildman–Crippen LogP) is 2.13. The maximum Gasteiger partial charge on any atom is 0.317 e. The van der Waals surface area contributed by atoms with E-state index >= 15 is 0 Å². The molecule has 6 heteroatoms. The molecule has 0 saturated carbocycles. The van der Waals surface area contributed by atoms with Crippen molar-refractivity contribution in [1.82, 2.24) is 15.2 Å². The molecule has 2 aliphatic heterocycles. The molecule has 0 bridgehead atoms. The van der Waals surface area contributed by atoms with Gasteiger partial charge >= 0.3 is 6.03 Å². The number of nitrogens with one attached hydrogen (secondary N) is 1. The minimum atomic E-state index is -0.0207. The highest BCUT2D eigenvalue weighted by Gasteiger charge is 2.26. The minimum Gasteiger partial charge on any atom is -0.396 e. The molecule has 1 unspecified atom stereocenters. The van der Waals surface area contributed by atoms with E-state index in [1.807, 2.05) is 17.2 Å². The monoisotopic (exact) mass is 332 g/mol. The number of anilines is 1. The van der Waals surface area contributed by atoms with E-state index in [0.29, 0.717) is 13.0 Å². The van der Waals surface area contributed by atoms with Crippen molar-refractivity contribution in [2.45, 2.75) is 51.1 Å². The second-order valence-electron chi connectivity index (χ2n) is 6.73. The van der Waals surface area contributed by atoms with Crippen molar-refractivity contribution in [2.24, 2.45) is 0 Å². The molecule has 0 aliphatic carbocycles. The van der Waals surface area contributed by atoms with Gasteiger partial charge in [0, 0.05) is 45.0 Å². The molecule has 6 nitrogen and oxygen atoms in total. The van der Waals surface area contributed by atoms with E-state index < -0.39 is 0 Å². The average molecular weight is 332 g/mol. The standard InChI is InChI=1S/C18H28N4O2/c23-12-7-16-5-1-2-11-22(16)18(24)20-14-15-6-8-19-17(13-15)21-9-3-4-10-21/h6,8,13,16,23H,1-5,7,9-12,14H2,(H,20,24). The fraction of sp³-hybridized carbons (Fsp3) is 0.667. The van der Waals surface area contributed by atoms with Crippen LogP contribution in [0.2, 0.25) is 0 Å². The first-order valence-electron chi connectivity index (χ1n) is 9.13. The second-order valence-corrected chi connectivity index (χ2v) is 6.73. The van der Waals surface area contributed by atoms with Crippen molar-refractivity contribution in [1.29, 1.82) is 0 Å². The van der Waals surface area contributed by atoms with Gasteiger partial charge in [0.1, 0.15) is 5.82 Å². The number of urea groups is 1. The zero-order valence-corrected chi connectivity index (χ0v) is 14.3. The Bertz CT molecular complexity index is 544. The molecular formula is C18H28N4O2. The van der Waals surface area contributed by atoms with Gasteiger partial charge in [0.25, 0.3) is 0 Å². The third-order valence-corrected chi connectivity index (χ3v) is 5.03. The number of likely N-dealkylation sites (tertiary alicyclic amines) is 1. The summed E-state index contributed by atoms with van der Waals surface area (Å²) >= 11 is 0. The first-order chi connectivity index (χ1) is 11.8. The van der Waals surface area contributed by atoms with Crippen LogP contribution in [-0.4, -0.2) is 53.3 Å². The lowest BCUT2D eigenvalue weighted by Crippen LogP contribution is -2.48. The molecule has 2 saturated heterocycles. The second kappa shape index (κ2) is 8.33. The van der Waals surface area contributed by atoms with Gasteiger partial charge in [-0.1, -0.05) is 0 Å². The summed E-state index contributed by atoms with van der Waals surface area (Å²) in [6.07, 6.45) is 8.12. The number of piperidine rings is 1. The summed E-state index contributed by atoms with van der Waals surface area (Å²) in [5.41, 5.74) is 1.08. The molecule has 3 rings (SSSR count). The van der Waals surface area contributed by atoms with E-state index in [1.165, 1.54) is 12.8 Å². The summed E-state index contributed by atoms with van der Waals surface area (Å²) in [4.78, 5) is 21.1. The fourth-order valence-corrected chi connectivity index (χ4v) is 3.69. The normalized spacial score (nSPS) is 21.1. The van der Waals surface area contributed by atoms with E-state index in [9.17, 15) is 9.90 Å². The summed E-state index contributed by atoms with van der Waals surface area (Å²) in [7, 11) is 0. The Balaban J connectivity index is 1.56. The number of amides is 2. The SMILES string of the molecule is O=C(NCc1ccnc(N2CCCC2)c1)N1CCCCC1CCO.